The molecule has 380 valence electrons. The smallest absolute Gasteiger partial charge is 0.164 e. The zero-order valence-corrected chi connectivity index (χ0v) is 44.4. The van der Waals surface area contributed by atoms with Crippen LogP contribution in [0.2, 0.25) is 0 Å². The van der Waals surface area contributed by atoms with Crippen LogP contribution in [-0.4, -0.2) is 24.1 Å². The van der Waals surface area contributed by atoms with Crippen LogP contribution in [0.3, 0.4) is 0 Å². The molecule has 0 bridgehead atoms. The van der Waals surface area contributed by atoms with Gasteiger partial charge in [0.25, 0.3) is 0 Å². The number of nitrogens with zero attached hydrogens (tertiary/aromatic N) is 5. The minimum absolute atomic E-state index is 0.587. The Morgan fingerprint density at radius 2 is 0.531 bits per heavy atom. The number of aryl methyl sites for hydroxylation is 1. The fourth-order valence-corrected chi connectivity index (χ4v) is 11.9. The van der Waals surface area contributed by atoms with Crippen molar-refractivity contribution in [3.63, 3.8) is 0 Å². The highest BCUT2D eigenvalue weighted by Gasteiger charge is 2.24. The van der Waals surface area contributed by atoms with Crippen molar-refractivity contribution in [2.24, 2.45) is 0 Å². The molecular formula is C76H51N5. The average molecular weight is 1030 g/mol. The van der Waals surface area contributed by atoms with Crippen LogP contribution < -0.4 is 0 Å². The Labute approximate surface area is 470 Å². The summed E-state index contributed by atoms with van der Waals surface area (Å²) < 4.78 is 4.95. The first-order chi connectivity index (χ1) is 40.1. The normalized spacial score (nSPS) is 11.5. The second kappa shape index (κ2) is 19.9. The van der Waals surface area contributed by atoms with Gasteiger partial charge in [0.15, 0.2) is 17.5 Å². The van der Waals surface area contributed by atoms with E-state index >= 15 is 0 Å². The lowest BCUT2D eigenvalue weighted by molar-refractivity contribution is 1.07. The van der Waals surface area contributed by atoms with Crippen LogP contribution in [0.4, 0.5) is 0 Å². The van der Waals surface area contributed by atoms with Gasteiger partial charge in [-0.25, -0.2) is 15.0 Å². The first kappa shape index (κ1) is 47.5. The molecule has 0 aliphatic rings. The third kappa shape index (κ3) is 8.56. The van der Waals surface area contributed by atoms with Crippen molar-refractivity contribution in [3.05, 3.63) is 297 Å². The maximum absolute atomic E-state index is 5.30. The van der Waals surface area contributed by atoms with E-state index in [2.05, 4.69) is 271 Å². The molecule has 12 aromatic carbocycles. The molecule has 15 rings (SSSR count). The van der Waals surface area contributed by atoms with Crippen LogP contribution in [0, 0.1) is 6.92 Å². The van der Waals surface area contributed by atoms with Gasteiger partial charge in [0.1, 0.15) is 0 Å². The average Bonchev–Trinajstić information content (AvgIpc) is 4.10. The topological polar surface area (TPSA) is 48.5 Å². The van der Waals surface area contributed by atoms with Crippen molar-refractivity contribution < 1.29 is 0 Å². The summed E-state index contributed by atoms with van der Waals surface area (Å²) in [5.41, 5.74) is 21.9. The summed E-state index contributed by atoms with van der Waals surface area (Å²) in [6.07, 6.45) is 0. The Morgan fingerprint density at radius 1 is 0.222 bits per heavy atom. The lowest BCUT2D eigenvalue weighted by Gasteiger charge is -2.20. The van der Waals surface area contributed by atoms with Crippen molar-refractivity contribution in [1.82, 2.24) is 24.1 Å². The molecule has 0 aliphatic carbocycles. The van der Waals surface area contributed by atoms with Gasteiger partial charge in [-0.15, -0.1) is 0 Å². The van der Waals surface area contributed by atoms with Crippen LogP contribution in [-0.2, 0) is 0 Å². The maximum atomic E-state index is 5.30. The van der Waals surface area contributed by atoms with Gasteiger partial charge in [-0.1, -0.05) is 230 Å². The first-order valence-corrected chi connectivity index (χ1v) is 27.6. The van der Waals surface area contributed by atoms with Crippen LogP contribution in [0.1, 0.15) is 5.56 Å². The number of rotatable bonds is 10. The number of hydrogen-bond acceptors (Lipinski definition) is 3. The molecule has 0 fully saturated rings. The molecule has 0 spiro atoms. The van der Waals surface area contributed by atoms with Gasteiger partial charge in [-0.3, -0.25) is 0 Å². The quantitative estimate of drug-likeness (QED) is 0.137. The fourth-order valence-electron chi connectivity index (χ4n) is 11.9. The van der Waals surface area contributed by atoms with Crippen LogP contribution in [0.5, 0.6) is 0 Å². The van der Waals surface area contributed by atoms with E-state index in [1.807, 2.05) is 36.4 Å². The summed E-state index contributed by atoms with van der Waals surface area (Å²) in [4.78, 5) is 15.7. The Kier molecular flexibility index (Phi) is 11.7. The van der Waals surface area contributed by atoms with E-state index < -0.39 is 0 Å². The molecule has 5 nitrogen and oxygen atoms in total. The zero-order valence-electron chi connectivity index (χ0n) is 44.4. The minimum atomic E-state index is 0.587. The standard InChI is InChI=1S/C76H51N5/c1-50-32-39-68(80-69-40-34-57(51-20-8-2-9-21-51)45-64(69)65-46-58(35-41-70(65)80)52-22-10-3-11-23-52)63(44-50)62-38-33-61(76-78-74(55-28-16-6-17-29-55)77-75(79-76)56-30-18-7-19-31-56)49-73(62)81-71-42-36-59(53-24-12-4-13-25-53)47-66(71)67-48-60(37-43-72(67)81)54-26-14-5-15-27-54/h2-49H,1H3. The maximum Gasteiger partial charge on any atom is 0.164 e. The molecule has 0 amide bonds. The van der Waals surface area contributed by atoms with E-state index in [1.165, 1.54) is 44.2 Å². The van der Waals surface area contributed by atoms with Gasteiger partial charge < -0.3 is 9.13 Å². The molecule has 3 heterocycles. The largest absolute Gasteiger partial charge is 0.309 e. The third-order valence-corrected chi connectivity index (χ3v) is 15.8. The van der Waals surface area contributed by atoms with Crippen LogP contribution in [0.25, 0.3) is 145 Å². The highest BCUT2D eigenvalue weighted by Crippen LogP contribution is 2.45. The lowest BCUT2D eigenvalue weighted by atomic mass is 9.96. The summed E-state index contributed by atoms with van der Waals surface area (Å²) in [6, 6.07) is 105. The summed E-state index contributed by atoms with van der Waals surface area (Å²) in [6.45, 7) is 2.20. The van der Waals surface area contributed by atoms with E-state index in [0.29, 0.717) is 17.5 Å². The second-order valence-corrected chi connectivity index (χ2v) is 20.9. The molecule has 15 aromatic rings. The van der Waals surface area contributed by atoms with Crippen molar-refractivity contribution in [2.75, 3.05) is 0 Å². The third-order valence-electron chi connectivity index (χ3n) is 15.8. The zero-order chi connectivity index (χ0) is 53.8. The number of fused-ring (bicyclic) bond motifs is 6. The number of aromatic nitrogens is 5. The summed E-state index contributed by atoms with van der Waals surface area (Å²) in [7, 11) is 0. The molecule has 0 N–H and O–H groups in total. The van der Waals surface area contributed by atoms with E-state index in [-0.39, 0.29) is 0 Å². The van der Waals surface area contributed by atoms with E-state index in [4.69, 9.17) is 15.0 Å². The Morgan fingerprint density at radius 3 is 0.889 bits per heavy atom. The molecule has 0 saturated heterocycles. The highest BCUT2D eigenvalue weighted by molar-refractivity contribution is 6.14. The minimum Gasteiger partial charge on any atom is -0.309 e. The van der Waals surface area contributed by atoms with Crippen molar-refractivity contribution in [3.8, 4) is 101 Å². The fraction of sp³-hybridized carbons (Fsp3) is 0.0132. The Balaban J connectivity index is 1.02. The van der Waals surface area contributed by atoms with Gasteiger partial charge in [-0.05, 0) is 118 Å². The summed E-state index contributed by atoms with van der Waals surface area (Å²) in [5.74, 6) is 1.81. The molecule has 0 unspecified atom stereocenters. The Bertz CT molecular complexity index is 4590. The number of hydrogen-bond donors (Lipinski definition) is 0. The molecule has 5 heteroatoms. The Hall–Kier alpha value is -10.8. The highest BCUT2D eigenvalue weighted by atomic mass is 15.0. The van der Waals surface area contributed by atoms with Gasteiger partial charge in [0.05, 0.1) is 33.4 Å². The molecular weight excluding hydrogens is 983 g/mol. The van der Waals surface area contributed by atoms with E-state index in [0.717, 1.165) is 88.7 Å². The van der Waals surface area contributed by atoms with Gasteiger partial charge in [-0.2, -0.15) is 0 Å². The van der Waals surface area contributed by atoms with Crippen molar-refractivity contribution >= 4 is 43.6 Å². The summed E-state index contributed by atoms with van der Waals surface area (Å²) >= 11 is 0. The van der Waals surface area contributed by atoms with E-state index in [1.54, 1.807) is 0 Å². The molecule has 3 aromatic heterocycles. The predicted octanol–water partition coefficient (Wildman–Crippen LogP) is 19.7. The monoisotopic (exact) mass is 1030 g/mol. The van der Waals surface area contributed by atoms with E-state index in [9.17, 15) is 0 Å². The van der Waals surface area contributed by atoms with Crippen LogP contribution in [0.15, 0.2) is 291 Å². The first-order valence-electron chi connectivity index (χ1n) is 27.6. The van der Waals surface area contributed by atoms with Gasteiger partial charge in [0, 0.05) is 49.4 Å². The SMILES string of the molecule is Cc1ccc(-n2c3ccc(-c4ccccc4)cc3c3cc(-c4ccccc4)ccc32)c(-c2ccc(-c3nc(-c4ccccc4)nc(-c4ccccc4)n3)cc2-n2c3ccc(-c4ccccc4)cc3c3cc(-c4ccccc4)ccc32)c1. The van der Waals surface area contributed by atoms with Crippen molar-refractivity contribution in [2.45, 2.75) is 6.92 Å². The van der Waals surface area contributed by atoms with Gasteiger partial charge >= 0.3 is 0 Å². The lowest BCUT2D eigenvalue weighted by Crippen LogP contribution is -2.04. The predicted molar refractivity (Wildman–Crippen MR) is 337 cm³/mol. The van der Waals surface area contributed by atoms with Crippen LogP contribution >= 0.6 is 0 Å². The molecule has 0 aliphatic heterocycles. The summed E-state index contributed by atoms with van der Waals surface area (Å²) in [5, 5.41) is 4.70. The molecule has 0 atom stereocenters. The van der Waals surface area contributed by atoms with Gasteiger partial charge in [0.2, 0.25) is 0 Å². The molecule has 0 radical (unpaired) electrons. The molecule has 0 saturated carbocycles. The number of benzene rings is 12. The molecule has 81 heavy (non-hydrogen) atoms. The second-order valence-electron chi connectivity index (χ2n) is 20.9. The van der Waals surface area contributed by atoms with Crippen molar-refractivity contribution in [1.29, 1.82) is 0 Å².